The average Bonchev–Trinajstić information content (AvgIpc) is 2.65. The summed E-state index contributed by atoms with van der Waals surface area (Å²) < 4.78 is 39.0. The van der Waals surface area contributed by atoms with E-state index < -0.39 is 18.5 Å². The second-order valence-corrected chi connectivity index (χ2v) is 5.29. The molecule has 0 aromatic heterocycles. The van der Waals surface area contributed by atoms with Crippen LogP contribution in [0.2, 0.25) is 0 Å². The van der Waals surface area contributed by atoms with E-state index in [1.165, 1.54) is 43.5 Å². The summed E-state index contributed by atoms with van der Waals surface area (Å²) in [7, 11) is 1.32. The molecule has 0 saturated carbocycles. The van der Waals surface area contributed by atoms with Gasteiger partial charge >= 0.3 is 12.6 Å². The fourth-order valence-corrected chi connectivity index (χ4v) is 2.16. The zero-order valence-corrected chi connectivity index (χ0v) is 14.4. The highest BCUT2D eigenvalue weighted by Gasteiger charge is 2.10. The van der Waals surface area contributed by atoms with Crippen LogP contribution in [0.15, 0.2) is 48.5 Å². The van der Waals surface area contributed by atoms with Crippen molar-refractivity contribution in [3.05, 3.63) is 65.2 Å². The summed E-state index contributed by atoms with van der Waals surface area (Å²) in [5, 5.41) is 0. The number of hydrogen-bond acceptors (Lipinski definition) is 5. The highest BCUT2D eigenvalue weighted by Crippen LogP contribution is 2.29. The van der Waals surface area contributed by atoms with Gasteiger partial charge in [0, 0.05) is 11.6 Å². The van der Waals surface area contributed by atoms with Gasteiger partial charge in [-0.05, 0) is 41.5 Å². The van der Waals surface area contributed by atoms with Crippen molar-refractivity contribution in [2.24, 2.45) is 5.73 Å². The van der Waals surface area contributed by atoms with E-state index in [-0.39, 0.29) is 18.1 Å². The number of carbonyl (C=O) groups excluding carboxylic acids is 2. The Balaban J connectivity index is 1.98. The number of primary amides is 1. The number of esters is 1. The Bertz CT molecular complexity index is 852. The van der Waals surface area contributed by atoms with Crippen LogP contribution in [0.3, 0.4) is 0 Å². The Morgan fingerprint density at radius 1 is 1.15 bits per heavy atom. The van der Waals surface area contributed by atoms with Crippen molar-refractivity contribution >= 4 is 18.0 Å². The van der Waals surface area contributed by atoms with Crippen molar-refractivity contribution in [2.45, 2.75) is 13.2 Å². The number of benzene rings is 2. The predicted octanol–water partition coefficient (Wildman–Crippen LogP) is 3.15. The molecular weight excluding hydrogens is 360 g/mol. The number of nitrogens with two attached hydrogens (primary N) is 1. The predicted molar refractivity (Wildman–Crippen MR) is 93.4 cm³/mol. The summed E-state index contributed by atoms with van der Waals surface area (Å²) in [6.07, 6.45) is 2.62. The SMILES string of the molecule is COc1cc(/C=C/C(=O)OCc2cccc(C(N)=O)c2)ccc1OC(F)F. The van der Waals surface area contributed by atoms with Gasteiger partial charge in [-0.25, -0.2) is 4.79 Å². The molecule has 142 valence electrons. The first-order chi connectivity index (χ1) is 12.9. The number of ether oxygens (including phenoxy) is 3. The van der Waals surface area contributed by atoms with Crippen LogP contribution >= 0.6 is 0 Å². The lowest BCUT2D eigenvalue weighted by atomic mass is 10.1. The lowest BCUT2D eigenvalue weighted by molar-refractivity contribution is -0.138. The minimum Gasteiger partial charge on any atom is -0.493 e. The molecule has 0 bridgehead atoms. The van der Waals surface area contributed by atoms with E-state index in [2.05, 4.69) is 4.74 Å². The number of halogens is 2. The Kier molecular flexibility index (Phi) is 6.87. The smallest absolute Gasteiger partial charge is 0.387 e. The maximum atomic E-state index is 12.3. The standard InChI is InChI=1S/C19H17F2NO5/c1-25-16-10-12(5-7-15(16)27-19(20)21)6-8-17(23)26-11-13-3-2-4-14(9-13)18(22)24/h2-10,19H,11H2,1H3,(H2,22,24)/b8-6+. The maximum absolute atomic E-state index is 12.3. The van der Waals surface area contributed by atoms with Gasteiger partial charge in [0.25, 0.3) is 0 Å². The molecule has 0 radical (unpaired) electrons. The van der Waals surface area contributed by atoms with Crippen LogP contribution in [0.25, 0.3) is 6.08 Å². The number of alkyl halides is 2. The van der Waals surface area contributed by atoms with Gasteiger partial charge in [-0.3, -0.25) is 4.79 Å². The molecule has 0 fully saturated rings. The van der Waals surface area contributed by atoms with E-state index in [0.717, 1.165) is 0 Å². The number of amides is 1. The van der Waals surface area contributed by atoms with Gasteiger partial charge < -0.3 is 19.9 Å². The molecule has 1 amide bonds. The average molecular weight is 377 g/mol. The molecule has 2 N–H and O–H groups in total. The molecule has 0 aliphatic carbocycles. The highest BCUT2D eigenvalue weighted by atomic mass is 19.3. The fraction of sp³-hybridized carbons (Fsp3) is 0.158. The van der Waals surface area contributed by atoms with Crippen LogP contribution in [0.5, 0.6) is 11.5 Å². The minimum atomic E-state index is -2.97. The molecule has 0 atom stereocenters. The topological polar surface area (TPSA) is 87.9 Å². The second kappa shape index (κ2) is 9.33. The van der Waals surface area contributed by atoms with E-state index in [9.17, 15) is 18.4 Å². The van der Waals surface area contributed by atoms with Crippen molar-refractivity contribution in [3.63, 3.8) is 0 Å². The molecule has 0 aliphatic rings. The van der Waals surface area contributed by atoms with E-state index in [4.69, 9.17) is 15.2 Å². The first-order valence-electron chi connectivity index (χ1n) is 7.75. The fourth-order valence-electron chi connectivity index (χ4n) is 2.16. The third kappa shape index (κ3) is 6.10. The molecule has 27 heavy (non-hydrogen) atoms. The highest BCUT2D eigenvalue weighted by molar-refractivity contribution is 5.93. The van der Waals surface area contributed by atoms with Crippen molar-refractivity contribution < 1.29 is 32.6 Å². The van der Waals surface area contributed by atoms with Gasteiger partial charge in [0.1, 0.15) is 6.61 Å². The van der Waals surface area contributed by atoms with E-state index in [1.54, 1.807) is 18.2 Å². The van der Waals surface area contributed by atoms with Gasteiger partial charge in [0.15, 0.2) is 11.5 Å². The number of hydrogen-bond donors (Lipinski definition) is 1. The lowest BCUT2D eigenvalue weighted by Gasteiger charge is -2.10. The summed E-state index contributed by atoms with van der Waals surface area (Å²) in [4.78, 5) is 22.9. The monoisotopic (exact) mass is 377 g/mol. The van der Waals surface area contributed by atoms with Gasteiger partial charge in [-0.2, -0.15) is 8.78 Å². The van der Waals surface area contributed by atoms with Crippen LogP contribution in [0.4, 0.5) is 8.78 Å². The number of carbonyl (C=O) groups is 2. The van der Waals surface area contributed by atoms with E-state index in [1.807, 2.05) is 0 Å². The van der Waals surface area contributed by atoms with Crippen LogP contribution in [-0.2, 0) is 16.1 Å². The Morgan fingerprint density at radius 2 is 1.93 bits per heavy atom. The van der Waals surface area contributed by atoms with Crippen LogP contribution in [0, 0.1) is 0 Å². The first-order valence-corrected chi connectivity index (χ1v) is 7.75. The quantitative estimate of drug-likeness (QED) is 0.564. The van der Waals surface area contributed by atoms with Gasteiger partial charge in [0.2, 0.25) is 5.91 Å². The molecule has 0 spiro atoms. The molecular formula is C19H17F2NO5. The maximum Gasteiger partial charge on any atom is 0.387 e. The molecule has 2 aromatic carbocycles. The van der Waals surface area contributed by atoms with Crippen molar-refractivity contribution in [2.75, 3.05) is 7.11 Å². The summed E-state index contributed by atoms with van der Waals surface area (Å²) in [5.41, 5.74) is 6.65. The largest absolute Gasteiger partial charge is 0.493 e. The first kappa shape index (κ1) is 19.9. The van der Waals surface area contributed by atoms with E-state index in [0.29, 0.717) is 16.7 Å². The molecule has 6 nitrogen and oxygen atoms in total. The normalized spacial score (nSPS) is 10.8. The third-order valence-corrected chi connectivity index (χ3v) is 3.41. The zero-order chi connectivity index (χ0) is 19.8. The molecule has 0 saturated heterocycles. The van der Waals surface area contributed by atoms with Crippen LogP contribution in [0.1, 0.15) is 21.5 Å². The minimum absolute atomic E-state index is 0.0330. The molecule has 0 unspecified atom stereocenters. The van der Waals surface area contributed by atoms with Crippen molar-refractivity contribution in [1.82, 2.24) is 0 Å². The van der Waals surface area contributed by atoms with Gasteiger partial charge in [0.05, 0.1) is 7.11 Å². The Morgan fingerprint density at radius 3 is 2.59 bits per heavy atom. The molecule has 0 heterocycles. The van der Waals surface area contributed by atoms with E-state index >= 15 is 0 Å². The molecule has 0 aliphatic heterocycles. The third-order valence-electron chi connectivity index (χ3n) is 3.41. The Hall–Kier alpha value is -3.42. The molecule has 2 rings (SSSR count). The van der Waals surface area contributed by atoms with Crippen molar-refractivity contribution in [1.29, 1.82) is 0 Å². The molecule has 8 heteroatoms. The van der Waals surface area contributed by atoms with Crippen LogP contribution < -0.4 is 15.2 Å². The molecule has 2 aromatic rings. The Labute approximate surface area is 154 Å². The summed E-state index contributed by atoms with van der Waals surface area (Å²) >= 11 is 0. The number of rotatable bonds is 8. The lowest BCUT2D eigenvalue weighted by Crippen LogP contribution is -2.11. The van der Waals surface area contributed by atoms with Crippen LogP contribution in [-0.4, -0.2) is 25.6 Å². The summed E-state index contributed by atoms with van der Waals surface area (Å²) in [6, 6.07) is 10.7. The number of methoxy groups -OCH3 is 1. The zero-order valence-electron chi connectivity index (χ0n) is 14.4. The summed E-state index contributed by atoms with van der Waals surface area (Å²) in [5.74, 6) is -1.20. The second-order valence-electron chi connectivity index (χ2n) is 5.29. The van der Waals surface area contributed by atoms with Gasteiger partial charge in [-0.1, -0.05) is 18.2 Å². The summed E-state index contributed by atoms with van der Waals surface area (Å²) in [6.45, 7) is -3.00. The van der Waals surface area contributed by atoms with Crippen molar-refractivity contribution in [3.8, 4) is 11.5 Å². The van der Waals surface area contributed by atoms with Gasteiger partial charge in [-0.15, -0.1) is 0 Å².